The second-order valence-corrected chi connectivity index (χ2v) is 12.4. The van der Waals surface area contributed by atoms with Crippen molar-refractivity contribution >= 4 is 53.3 Å². The van der Waals surface area contributed by atoms with Gasteiger partial charge in [-0.25, -0.2) is 0 Å². The fourth-order valence-electron chi connectivity index (χ4n) is 2.15. The van der Waals surface area contributed by atoms with E-state index < -0.39 is 0 Å². The third-order valence-corrected chi connectivity index (χ3v) is 8.32. The first-order valence-corrected chi connectivity index (χ1v) is 9.00. The molecule has 0 amide bonds. The number of hydrogen-bond acceptors (Lipinski definition) is 5. The Balaban J connectivity index is 2.17. The zero-order chi connectivity index (χ0) is 13.1. The zero-order valence-electron chi connectivity index (χ0n) is 10.7. The Hall–Kier alpha value is 0.290. The van der Waals surface area contributed by atoms with Gasteiger partial charge in [0, 0.05) is 25.1 Å². The minimum atomic E-state index is 0.139. The molecule has 0 aliphatic carbocycles. The summed E-state index contributed by atoms with van der Waals surface area (Å²) in [5, 5.41) is 0. The highest BCUT2D eigenvalue weighted by Gasteiger charge is 2.39. The van der Waals surface area contributed by atoms with E-state index in [1.54, 1.807) is 0 Å². The van der Waals surface area contributed by atoms with Crippen LogP contribution in [0.1, 0.15) is 38.1 Å². The summed E-state index contributed by atoms with van der Waals surface area (Å²) in [4.78, 5) is 16.4. The van der Waals surface area contributed by atoms with Crippen molar-refractivity contribution in [2.45, 2.75) is 55.4 Å². The van der Waals surface area contributed by atoms with Gasteiger partial charge in [-0.3, -0.25) is 4.79 Å². The maximum absolute atomic E-state index is 11.5. The Labute approximate surface area is 125 Å². The molecular weight excluding hydrogens is 300 g/mol. The van der Waals surface area contributed by atoms with Crippen molar-refractivity contribution in [2.75, 3.05) is 0 Å². The molecule has 0 fully saturated rings. The molecule has 0 saturated carbocycles. The van der Waals surface area contributed by atoms with Gasteiger partial charge in [-0.2, -0.15) is 0 Å². The molecule has 0 N–H and O–H groups in total. The molecule has 0 atom stereocenters. The van der Waals surface area contributed by atoms with Crippen molar-refractivity contribution in [3.8, 4) is 0 Å². The van der Waals surface area contributed by atoms with Crippen LogP contribution in [0.5, 0.6) is 0 Å². The fourth-order valence-corrected chi connectivity index (χ4v) is 7.80. The number of hydrogen-bond donors (Lipinski definition) is 0. The molecule has 3 rings (SSSR count). The molecule has 0 unspecified atom stereocenters. The van der Waals surface area contributed by atoms with Crippen LogP contribution in [0.15, 0.2) is 25.6 Å². The number of carbonyl (C=O) groups is 1. The average Bonchev–Trinajstić information content (AvgIpc) is 2.67. The maximum Gasteiger partial charge on any atom is 0.152 e. The maximum atomic E-state index is 11.5. The lowest BCUT2D eigenvalue weighted by molar-refractivity contribution is 0.111. The van der Waals surface area contributed by atoms with Crippen molar-refractivity contribution in [1.82, 2.24) is 0 Å². The van der Waals surface area contributed by atoms with Crippen LogP contribution in [-0.4, -0.2) is 14.4 Å². The quantitative estimate of drug-likeness (QED) is 0.646. The van der Waals surface area contributed by atoms with E-state index in [-0.39, 0.29) is 8.16 Å². The number of rotatable bonds is 1. The van der Waals surface area contributed by atoms with Gasteiger partial charge in [0.2, 0.25) is 0 Å². The molecule has 2 aliphatic rings. The molecule has 1 aromatic rings. The topological polar surface area (TPSA) is 17.1 Å². The van der Waals surface area contributed by atoms with Gasteiger partial charge in [0.25, 0.3) is 0 Å². The van der Waals surface area contributed by atoms with Gasteiger partial charge in [-0.05, 0) is 33.8 Å². The number of carbonyl (C=O) groups excluding carboxylic acids is 1. The number of aldehydes is 1. The van der Waals surface area contributed by atoms with E-state index in [0.29, 0.717) is 0 Å². The highest BCUT2D eigenvalue weighted by molar-refractivity contribution is 8.21. The van der Waals surface area contributed by atoms with E-state index in [1.807, 2.05) is 47.0 Å². The van der Waals surface area contributed by atoms with Gasteiger partial charge in [0.15, 0.2) is 6.29 Å². The van der Waals surface area contributed by atoms with Gasteiger partial charge in [-0.1, -0.05) is 0 Å². The van der Waals surface area contributed by atoms with E-state index in [0.717, 1.165) is 11.8 Å². The molecule has 0 bridgehead atoms. The molecule has 5 heteroatoms. The highest BCUT2D eigenvalue weighted by atomic mass is 32.2. The summed E-state index contributed by atoms with van der Waals surface area (Å²) in [6.45, 7) is 8.86. The Bertz CT molecular complexity index is 506. The molecular formula is C13H14OS4. The van der Waals surface area contributed by atoms with E-state index in [4.69, 9.17) is 0 Å². The lowest BCUT2D eigenvalue weighted by Gasteiger charge is -2.14. The SMILES string of the molecule is CC1(C)Sc2cc3c(c(C=O)c2S1)SC(C)(C)S3. The number of benzene rings is 1. The van der Waals surface area contributed by atoms with Crippen molar-refractivity contribution < 1.29 is 4.79 Å². The monoisotopic (exact) mass is 314 g/mol. The number of thioether (sulfide) groups is 4. The Morgan fingerprint density at radius 1 is 0.889 bits per heavy atom. The molecule has 96 valence electrons. The third kappa shape index (κ3) is 2.13. The average molecular weight is 315 g/mol. The summed E-state index contributed by atoms with van der Waals surface area (Å²) in [5.41, 5.74) is 0.911. The first-order chi connectivity index (χ1) is 8.31. The summed E-state index contributed by atoms with van der Waals surface area (Å²) in [6, 6.07) is 2.27. The van der Waals surface area contributed by atoms with Crippen LogP contribution < -0.4 is 0 Å². The summed E-state index contributed by atoms with van der Waals surface area (Å²) < 4.78 is 0.278. The van der Waals surface area contributed by atoms with E-state index >= 15 is 0 Å². The molecule has 0 radical (unpaired) electrons. The van der Waals surface area contributed by atoms with Crippen molar-refractivity contribution in [1.29, 1.82) is 0 Å². The summed E-state index contributed by atoms with van der Waals surface area (Å²) in [5.74, 6) is 0. The summed E-state index contributed by atoms with van der Waals surface area (Å²) in [7, 11) is 0. The van der Waals surface area contributed by atoms with Gasteiger partial charge >= 0.3 is 0 Å². The molecule has 2 heterocycles. The predicted molar refractivity (Wildman–Crippen MR) is 83.4 cm³/mol. The Morgan fingerprint density at radius 3 is 1.72 bits per heavy atom. The van der Waals surface area contributed by atoms with E-state index in [9.17, 15) is 4.79 Å². The van der Waals surface area contributed by atoms with Crippen LogP contribution >= 0.6 is 47.0 Å². The molecule has 0 saturated heterocycles. The predicted octanol–water partition coefficient (Wildman–Crippen LogP) is 5.37. The van der Waals surface area contributed by atoms with Gasteiger partial charge in [-0.15, -0.1) is 47.0 Å². The van der Waals surface area contributed by atoms with Crippen LogP contribution in [0, 0.1) is 0 Å². The molecule has 0 aromatic heterocycles. The third-order valence-electron chi connectivity index (χ3n) is 2.72. The fraction of sp³-hybridized carbons (Fsp3) is 0.462. The molecule has 1 aromatic carbocycles. The zero-order valence-corrected chi connectivity index (χ0v) is 14.0. The molecule has 0 spiro atoms. The Kier molecular flexibility index (Phi) is 3.05. The Morgan fingerprint density at radius 2 is 1.33 bits per heavy atom. The molecule has 2 aliphatic heterocycles. The van der Waals surface area contributed by atoms with Crippen molar-refractivity contribution in [3.05, 3.63) is 11.6 Å². The number of fused-ring (bicyclic) bond motifs is 2. The molecule has 1 nitrogen and oxygen atoms in total. The van der Waals surface area contributed by atoms with Gasteiger partial charge in [0.1, 0.15) is 0 Å². The van der Waals surface area contributed by atoms with Crippen molar-refractivity contribution in [2.24, 2.45) is 0 Å². The van der Waals surface area contributed by atoms with Crippen LogP contribution in [0.4, 0.5) is 0 Å². The smallest absolute Gasteiger partial charge is 0.152 e. The summed E-state index contributed by atoms with van der Waals surface area (Å²) >= 11 is 7.38. The van der Waals surface area contributed by atoms with Crippen molar-refractivity contribution in [3.63, 3.8) is 0 Å². The van der Waals surface area contributed by atoms with E-state index in [2.05, 4.69) is 33.8 Å². The van der Waals surface area contributed by atoms with Gasteiger partial charge in [0.05, 0.1) is 8.16 Å². The standard InChI is InChI=1S/C13H14OS4/c1-12(2)15-8-5-9-11(18-13(3,4)16-9)7(6-14)10(8)17-12/h5-6H,1-4H3. The lowest BCUT2D eigenvalue weighted by atomic mass is 10.2. The first kappa shape index (κ1) is 13.3. The van der Waals surface area contributed by atoms with Crippen LogP contribution in [0.25, 0.3) is 0 Å². The van der Waals surface area contributed by atoms with Crippen LogP contribution in [-0.2, 0) is 0 Å². The lowest BCUT2D eigenvalue weighted by Crippen LogP contribution is -2.02. The van der Waals surface area contributed by atoms with E-state index in [1.165, 1.54) is 19.6 Å². The van der Waals surface area contributed by atoms with Gasteiger partial charge < -0.3 is 0 Å². The van der Waals surface area contributed by atoms with Crippen LogP contribution in [0.2, 0.25) is 0 Å². The second kappa shape index (κ2) is 4.14. The normalized spacial score (nSPS) is 22.7. The highest BCUT2D eigenvalue weighted by Crippen LogP contribution is 2.63. The first-order valence-electron chi connectivity index (χ1n) is 5.73. The second-order valence-electron chi connectivity index (χ2n) is 5.27. The minimum Gasteiger partial charge on any atom is -0.298 e. The minimum absolute atomic E-state index is 0.139. The molecule has 18 heavy (non-hydrogen) atoms. The largest absolute Gasteiger partial charge is 0.298 e. The summed E-state index contributed by atoms with van der Waals surface area (Å²) in [6.07, 6.45) is 1.04. The van der Waals surface area contributed by atoms with Crippen LogP contribution in [0.3, 0.4) is 0 Å².